The summed E-state index contributed by atoms with van der Waals surface area (Å²) in [6.07, 6.45) is 0. The van der Waals surface area contributed by atoms with Crippen LogP contribution in [0.5, 0.6) is 0 Å². The molecule has 0 spiro atoms. The van der Waals surface area contributed by atoms with Crippen molar-refractivity contribution < 1.29 is 15.9 Å². The van der Waals surface area contributed by atoms with Gasteiger partial charge in [0, 0.05) is 0 Å². The van der Waals surface area contributed by atoms with Crippen LogP contribution in [0.1, 0.15) is 13.8 Å². The van der Waals surface area contributed by atoms with Gasteiger partial charge in [0.25, 0.3) is 0 Å². The molecule has 0 aromatic heterocycles. The van der Waals surface area contributed by atoms with Gasteiger partial charge in [-0.25, -0.2) is 0 Å². The molecule has 0 nitrogen and oxygen atoms in total. The van der Waals surface area contributed by atoms with Gasteiger partial charge in [-0.05, 0) is 0 Å². The van der Waals surface area contributed by atoms with Gasteiger partial charge in [-0.15, -0.1) is 0 Å². The molecule has 3 aromatic carbocycles. The zero-order valence-electron chi connectivity index (χ0n) is 14.1. The Bertz CT molecular complexity index is 755. The van der Waals surface area contributed by atoms with Crippen LogP contribution in [0.15, 0.2) is 91.0 Å². The van der Waals surface area contributed by atoms with Gasteiger partial charge in [-0.1, -0.05) is 0 Å². The van der Waals surface area contributed by atoms with E-state index in [9.17, 15) is 0 Å². The van der Waals surface area contributed by atoms with E-state index in [0.717, 1.165) is 0 Å². The number of hydrogen-bond donors (Lipinski definition) is 0. The Morgan fingerprint density at radius 2 is 0.833 bits per heavy atom. The van der Waals surface area contributed by atoms with Crippen LogP contribution in [0.3, 0.4) is 0 Å². The summed E-state index contributed by atoms with van der Waals surface area (Å²) in [7, 11) is 0. The average Bonchev–Trinajstić information content (AvgIpc) is 2.68. The molecule has 3 rings (SSSR count). The van der Waals surface area contributed by atoms with Crippen molar-refractivity contribution in [3.05, 3.63) is 91.0 Å². The molecule has 127 valence electrons. The molecule has 0 heterocycles. The minimum atomic E-state index is -2.01. The fourth-order valence-electron chi connectivity index (χ4n) is 3.17. The van der Waals surface area contributed by atoms with Crippen LogP contribution < -0.4 is 15.9 Å². The predicted molar refractivity (Wildman–Crippen MR) is 110 cm³/mol. The molecule has 0 atom stereocenters. The van der Waals surface area contributed by atoms with Gasteiger partial charge in [-0.2, -0.15) is 0 Å². The normalized spacial score (nSPS) is 14.5. The molecule has 0 saturated heterocycles. The summed E-state index contributed by atoms with van der Waals surface area (Å²) in [5.74, 6) is 0. The molecule has 0 bridgehead atoms. The van der Waals surface area contributed by atoms with Crippen molar-refractivity contribution in [3.8, 4) is 0 Å². The van der Waals surface area contributed by atoms with Crippen molar-refractivity contribution in [1.29, 1.82) is 0 Å². The second-order valence-corrected chi connectivity index (χ2v) is 21.1. The van der Waals surface area contributed by atoms with E-state index in [1.54, 1.807) is 0 Å². The van der Waals surface area contributed by atoms with E-state index in [1.165, 1.54) is 15.9 Å². The number of hydrogen-bond acceptors (Lipinski definition) is 0. The second kappa shape index (κ2) is 8.06. The summed E-state index contributed by atoms with van der Waals surface area (Å²) in [6.45, 7) is 4.53. The summed E-state index contributed by atoms with van der Waals surface area (Å²) in [6, 6.07) is 33.7. The average molecular weight is 514 g/mol. The van der Waals surface area contributed by atoms with Gasteiger partial charge in [-0.3, -0.25) is 0 Å². The van der Waals surface area contributed by atoms with Crippen molar-refractivity contribution in [2.45, 2.75) is 13.8 Å². The topological polar surface area (TPSA) is 0 Å². The minimum absolute atomic E-state index is 1.46. The molecular weight excluding hydrogens is 490 g/mol. The maximum atomic E-state index is 2.53. The van der Waals surface area contributed by atoms with Crippen molar-refractivity contribution in [2.24, 2.45) is 0 Å². The number of rotatable bonds is 4. The van der Waals surface area contributed by atoms with E-state index in [4.69, 9.17) is 0 Å². The van der Waals surface area contributed by atoms with Gasteiger partial charge >= 0.3 is 151 Å². The quantitative estimate of drug-likeness (QED) is 0.464. The van der Waals surface area contributed by atoms with E-state index >= 15 is 0 Å². The summed E-state index contributed by atoms with van der Waals surface area (Å²) in [5.41, 5.74) is 0. The van der Waals surface area contributed by atoms with Crippen LogP contribution in [0, 0.1) is 0 Å². The van der Waals surface area contributed by atoms with Gasteiger partial charge < -0.3 is 0 Å². The fourth-order valence-corrected chi connectivity index (χ4v) is 24.1. The molecule has 0 aliphatic rings. The van der Waals surface area contributed by atoms with E-state index in [2.05, 4.69) is 114 Å². The third-order valence-electron chi connectivity index (χ3n) is 4.13. The summed E-state index contributed by atoms with van der Waals surface area (Å²) >= 11 is -1.46. The molecule has 0 aliphatic heterocycles. The third-order valence-corrected chi connectivity index (χ3v) is 25.6. The van der Waals surface area contributed by atoms with Gasteiger partial charge in [0.05, 0.1) is 0 Å². The predicted octanol–water partition coefficient (Wildman–Crippen LogP) is 3.89. The SMILES string of the molecule is C/[CH]=[Pt](=[CH]\C)/[PH](c1ccccc1)(c1ccccc1)c1ccccc1. The summed E-state index contributed by atoms with van der Waals surface area (Å²) in [4.78, 5) is 0. The van der Waals surface area contributed by atoms with Gasteiger partial charge in [0.2, 0.25) is 0 Å². The van der Waals surface area contributed by atoms with Crippen molar-refractivity contribution >= 4 is 30.1 Å². The van der Waals surface area contributed by atoms with Crippen LogP contribution in [-0.2, 0) is 15.9 Å². The first-order chi connectivity index (χ1) is 11.8. The molecule has 3 aromatic rings. The van der Waals surface area contributed by atoms with E-state index in [1.807, 2.05) is 0 Å². The van der Waals surface area contributed by atoms with Crippen molar-refractivity contribution in [1.82, 2.24) is 0 Å². The maximum absolute atomic E-state index is 2.53. The molecule has 0 radical (unpaired) electrons. The first kappa shape index (κ1) is 17.3. The van der Waals surface area contributed by atoms with Crippen LogP contribution in [0.2, 0.25) is 0 Å². The van der Waals surface area contributed by atoms with Crippen LogP contribution in [0.25, 0.3) is 0 Å². The molecular formula is C22H24PPt. The first-order valence-corrected chi connectivity index (χ1v) is 16.0. The monoisotopic (exact) mass is 514 g/mol. The molecule has 0 aliphatic carbocycles. The Hall–Kier alpha value is -1.48. The molecule has 2 heteroatoms. The summed E-state index contributed by atoms with van der Waals surface area (Å²) < 4.78 is 5.06. The number of benzene rings is 3. The van der Waals surface area contributed by atoms with Crippen molar-refractivity contribution in [3.63, 3.8) is 0 Å². The second-order valence-electron chi connectivity index (χ2n) is 5.36. The van der Waals surface area contributed by atoms with Gasteiger partial charge in [0.15, 0.2) is 0 Å². The van der Waals surface area contributed by atoms with Crippen LogP contribution in [-0.4, -0.2) is 8.80 Å². The van der Waals surface area contributed by atoms with Crippen LogP contribution in [0.4, 0.5) is 0 Å². The van der Waals surface area contributed by atoms with E-state index in [-0.39, 0.29) is 0 Å². The first-order valence-electron chi connectivity index (χ1n) is 8.16. The third kappa shape index (κ3) is 3.06. The van der Waals surface area contributed by atoms with Crippen molar-refractivity contribution in [2.75, 3.05) is 0 Å². The molecule has 0 N–H and O–H groups in total. The zero-order valence-corrected chi connectivity index (χ0v) is 17.4. The Morgan fingerprint density at radius 3 is 1.08 bits per heavy atom. The fraction of sp³-hybridized carbons (Fsp3) is 0.0909. The molecule has 0 amide bonds. The van der Waals surface area contributed by atoms with Gasteiger partial charge in [0.1, 0.15) is 0 Å². The Balaban J connectivity index is 2.47. The van der Waals surface area contributed by atoms with Crippen LogP contribution >= 0.6 is 5.35 Å². The molecule has 24 heavy (non-hydrogen) atoms. The summed E-state index contributed by atoms with van der Waals surface area (Å²) in [5, 5.41) is 2.59. The Labute approximate surface area is 150 Å². The standard InChI is InChI=1S/C18H15P.2C2H4.Pt/c1-4-10-16(11-5-1)19(17-12-6-2-7-13-17)18-14-8-3-9-15-18;2*1-2;/h1-15H;2*1H,2H3;/q;;;-1/p+1. The van der Waals surface area contributed by atoms with E-state index in [0.29, 0.717) is 0 Å². The molecule has 0 fully saturated rings. The molecule has 0 unspecified atom stereocenters. The zero-order chi connectivity index (χ0) is 16.8. The van der Waals surface area contributed by atoms with E-state index < -0.39 is 21.2 Å². The Kier molecular flexibility index (Phi) is 5.83. The Morgan fingerprint density at radius 1 is 0.542 bits per heavy atom. The molecule has 0 saturated carbocycles.